The second-order valence-electron chi connectivity index (χ2n) is 5.61. The average molecular weight is 309 g/mol. The molecule has 1 aliphatic heterocycles. The SMILES string of the molecule is C=CCOc1ccc2c(c1)C(=O)NC2(O)CCc1ccccc1. The van der Waals surface area contributed by atoms with Crippen molar-refractivity contribution < 1.29 is 14.6 Å². The Labute approximate surface area is 135 Å². The van der Waals surface area contributed by atoms with E-state index in [9.17, 15) is 9.90 Å². The van der Waals surface area contributed by atoms with E-state index in [1.54, 1.807) is 24.3 Å². The molecule has 0 aliphatic carbocycles. The van der Waals surface area contributed by atoms with Gasteiger partial charge < -0.3 is 15.2 Å². The zero-order valence-electron chi connectivity index (χ0n) is 12.8. The molecule has 0 spiro atoms. The molecule has 0 aromatic heterocycles. The van der Waals surface area contributed by atoms with Crippen molar-refractivity contribution in [1.29, 1.82) is 0 Å². The summed E-state index contributed by atoms with van der Waals surface area (Å²) >= 11 is 0. The molecule has 3 rings (SSSR count). The Balaban J connectivity index is 1.80. The summed E-state index contributed by atoms with van der Waals surface area (Å²) in [7, 11) is 0. The van der Waals surface area contributed by atoms with Gasteiger partial charge in [0.05, 0.1) is 5.56 Å². The first kappa shape index (κ1) is 15.3. The Morgan fingerprint density at radius 3 is 2.74 bits per heavy atom. The van der Waals surface area contributed by atoms with Crippen LogP contribution in [0.4, 0.5) is 0 Å². The molecule has 0 fully saturated rings. The molecule has 0 saturated heterocycles. The van der Waals surface area contributed by atoms with Crippen LogP contribution in [0.1, 0.15) is 27.9 Å². The first-order valence-corrected chi connectivity index (χ1v) is 7.59. The van der Waals surface area contributed by atoms with E-state index in [0.717, 1.165) is 5.56 Å². The highest BCUT2D eigenvalue weighted by atomic mass is 16.5. The number of hydrogen-bond acceptors (Lipinski definition) is 3. The number of aryl methyl sites for hydroxylation is 1. The number of amides is 1. The van der Waals surface area contributed by atoms with Gasteiger partial charge in [-0.05, 0) is 30.2 Å². The van der Waals surface area contributed by atoms with Crippen LogP contribution in [-0.4, -0.2) is 17.6 Å². The quantitative estimate of drug-likeness (QED) is 0.807. The number of benzene rings is 2. The first-order chi connectivity index (χ1) is 11.1. The third kappa shape index (κ3) is 3.12. The normalized spacial score (nSPS) is 19.1. The molecule has 0 saturated carbocycles. The van der Waals surface area contributed by atoms with Crippen molar-refractivity contribution in [3.63, 3.8) is 0 Å². The maximum absolute atomic E-state index is 12.2. The van der Waals surface area contributed by atoms with Crippen molar-refractivity contribution in [3.05, 3.63) is 77.9 Å². The molecule has 1 unspecified atom stereocenters. The van der Waals surface area contributed by atoms with E-state index in [4.69, 9.17) is 4.74 Å². The molecule has 0 radical (unpaired) electrons. The minimum absolute atomic E-state index is 0.278. The Morgan fingerprint density at radius 2 is 2.00 bits per heavy atom. The molecule has 1 heterocycles. The van der Waals surface area contributed by atoms with Gasteiger partial charge in [0.1, 0.15) is 12.4 Å². The molecular formula is C19H19NO3. The molecule has 4 heteroatoms. The molecule has 2 aromatic carbocycles. The van der Waals surface area contributed by atoms with Crippen LogP contribution < -0.4 is 10.1 Å². The third-order valence-corrected chi connectivity index (χ3v) is 3.99. The summed E-state index contributed by atoms with van der Waals surface area (Å²) < 4.78 is 5.45. The standard InChI is InChI=1S/C19H19NO3/c1-2-12-23-15-8-9-17-16(13-15)18(21)20-19(17,22)11-10-14-6-4-3-5-7-14/h2-9,13,22H,1,10-12H2,(H,20,21). The minimum atomic E-state index is -1.33. The van der Waals surface area contributed by atoms with Gasteiger partial charge >= 0.3 is 0 Å². The van der Waals surface area contributed by atoms with E-state index in [1.807, 2.05) is 30.3 Å². The maximum Gasteiger partial charge on any atom is 0.254 e. The molecule has 2 N–H and O–H groups in total. The number of ether oxygens (including phenoxy) is 1. The number of fused-ring (bicyclic) bond motifs is 1. The molecule has 2 aromatic rings. The zero-order valence-corrected chi connectivity index (χ0v) is 12.8. The van der Waals surface area contributed by atoms with Crippen LogP contribution in [-0.2, 0) is 12.1 Å². The van der Waals surface area contributed by atoms with Crippen LogP contribution in [0.3, 0.4) is 0 Å². The van der Waals surface area contributed by atoms with Crippen molar-refractivity contribution in [1.82, 2.24) is 5.32 Å². The number of hydrogen-bond donors (Lipinski definition) is 2. The monoisotopic (exact) mass is 309 g/mol. The highest BCUT2D eigenvalue weighted by Crippen LogP contribution is 2.34. The van der Waals surface area contributed by atoms with Gasteiger partial charge in [-0.3, -0.25) is 4.79 Å². The van der Waals surface area contributed by atoms with Gasteiger partial charge in [0.25, 0.3) is 5.91 Å². The molecule has 0 bridgehead atoms. The first-order valence-electron chi connectivity index (χ1n) is 7.59. The fraction of sp³-hybridized carbons (Fsp3) is 0.211. The van der Waals surface area contributed by atoms with Gasteiger partial charge in [-0.25, -0.2) is 0 Å². The van der Waals surface area contributed by atoms with Gasteiger partial charge in [0.15, 0.2) is 5.72 Å². The predicted octanol–water partition coefficient (Wildman–Crippen LogP) is 2.77. The zero-order chi connectivity index (χ0) is 16.3. The van der Waals surface area contributed by atoms with Crippen molar-refractivity contribution in [2.45, 2.75) is 18.6 Å². The van der Waals surface area contributed by atoms with Crippen LogP contribution in [0, 0.1) is 0 Å². The summed E-state index contributed by atoms with van der Waals surface area (Å²) in [6.07, 6.45) is 2.73. The second-order valence-corrected chi connectivity index (χ2v) is 5.61. The molecule has 1 atom stereocenters. The Bertz CT molecular complexity index is 727. The van der Waals surface area contributed by atoms with Crippen LogP contribution in [0.15, 0.2) is 61.2 Å². The summed E-state index contributed by atoms with van der Waals surface area (Å²) in [5.74, 6) is 0.311. The van der Waals surface area contributed by atoms with E-state index < -0.39 is 5.72 Å². The molecule has 118 valence electrons. The van der Waals surface area contributed by atoms with E-state index in [1.165, 1.54) is 0 Å². The molecule has 1 aliphatic rings. The summed E-state index contributed by atoms with van der Waals surface area (Å²) in [6, 6.07) is 15.1. The summed E-state index contributed by atoms with van der Waals surface area (Å²) in [5.41, 5.74) is 0.847. The number of nitrogens with one attached hydrogen (secondary N) is 1. The smallest absolute Gasteiger partial charge is 0.254 e. The van der Waals surface area contributed by atoms with Crippen molar-refractivity contribution >= 4 is 5.91 Å². The predicted molar refractivity (Wildman–Crippen MR) is 88.3 cm³/mol. The topological polar surface area (TPSA) is 58.6 Å². The van der Waals surface area contributed by atoms with Crippen molar-refractivity contribution in [2.75, 3.05) is 6.61 Å². The highest BCUT2D eigenvalue weighted by Gasteiger charge is 2.41. The van der Waals surface area contributed by atoms with E-state index >= 15 is 0 Å². The van der Waals surface area contributed by atoms with E-state index in [-0.39, 0.29) is 5.91 Å². The van der Waals surface area contributed by atoms with Crippen LogP contribution in [0.25, 0.3) is 0 Å². The van der Waals surface area contributed by atoms with Gasteiger partial charge in [-0.2, -0.15) is 0 Å². The van der Waals surface area contributed by atoms with Gasteiger partial charge in [-0.1, -0.05) is 43.0 Å². The lowest BCUT2D eigenvalue weighted by atomic mass is 9.95. The van der Waals surface area contributed by atoms with E-state index in [0.29, 0.717) is 36.3 Å². The molecule has 1 amide bonds. The number of aliphatic hydroxyl groups is 1. The van der Waals surface area contributed by atoms with Gasteiger partial charge in [-0.15, -0.1) is 0 Å². The van der Waals surface area contributed by atoms with Crippen molar-refractivity contribution in [2.24, 2.45) is 0 Å². The second kappa shape index (κ2) is 6.26. The Morgan fingerprint density at radius 1 is 1.22 bits per heavy atom. The minimum Gasteiger partial charge on any atom is -0.490 e. The van der Waals surface area contributed by atoms with Crippen LogP contribution in [0.5, 0.6) is 5.75 Å². The fourth-order valence-electron chi connectivity index (χ4n) is 2.81. The van der Waals surface area contributed by atoms with E-state index in [2.05, 4.69) is 11.9 Å². The fourth-order valence-corrected chi connectivity index (χ4v) is 2.81. The Hall–Kier alpha value is -2.59. The number of carbonyl (C=O) groups excluding carboxylic acids is 1. The highest BCUT2D eigenvalue weighted by molar-refractivity contribution is 6.00. The lowest BCUT2D eigenvalue weighted by Crippen LogP contribution is -2.39. The van der Waals surface area contributed by atoms with Crippen LogP contribution >= 0.6 is 0 Å². The van der Waals surface area contributed by atoms with Crippen molar-refractivity contribution in [3.8, 4) is 5.75 Å². The lowest BCUT2D eigenvalue weighted by Gasteiger charge is -2.24. The average Bonchev–Trinajstić information content (AvgIpc) is 2.83. The summed E-state index contributed by atoms with van der Waals surface area (Å²) in [6.45, 7) is 3.97. The van der Waals surface area contributed by atoms with Gasteiger partial charge in [0, 0.05) is 12.0 Å². The summed E-state index contributed by atoms with van der Waals surface area (Å²) in [5, 5.41) is 13.5. The molecule has 4 nitrogen and oxygen atoms in total. The number of carbonyl (C=O) groups is 1. The molecule has 23 heavy (non-hydrogen) atoms. The summed E-state index contributed by atoms with van der Waals surface area (Å²) in [4.78, 5) is 12.2. The maximum atomic E-state index is 12.2. The third-order valence-electron chi connectivity index (χ3n) is 3.99. The largest absolute Gasteiger partial charge is 0.490 e. The number of rotatable bonds is 6. The van der Waals surface area contributed by atoms with Gasteiger partial charge in [0.2, 0.25) is 0 Å². The molecular weight excluding hydrogens is 290 g/mol. The Kier molecular flexibility index (Phi) is 4.17. The lowest BCUT2D eigenvalue weighted by molar-refractivity contribution is 0.00566. The van der Waals surface area contributed by atoms with Crippen LogP contribution in [0.2, 0.25) is 0 Å².